The Kier molecular flexibility index (Phi) is 6.38. The molecule has 2 rings (SSSR count). The van der Waals surface area contributed by atoms with E-state index in [1.54, 1.807) is 6.07 Å². The Labute approximate surface area is 141 Å². The quantitative estimate of drug-likeness (QED) is 0.754. The van der Waals surface area contributed by atoms with Crippen LogP contribution in [-0.2, 0) is 12.8 Å². The van der Waals surface area contributed by atoms with Crippen LogP contribution in [0.3, 0.4) is 0 Å². The Morgan fingerprint density at radius 2 is 1.57 bits per heavy atom. The lowest BCUT2D eigenvalue weighted by molar-refractivity contribution is 0.493. The SMILES string of the molecule is CNCC(Cc1ccccc1Cl)Cc1ccc(Cl)cc1Cl. The van der Waals surface area contributed by atoms with Crippen LogP contribution in [0.4, 0.5) is 0 Å². The fraction of sp³-hybridized carbons (Fsp3) is 0.294. The van der Waals surface area contributed by atoms with E-state index in [4.69, 9.17) is 34.8 Å². The van der Waals surface area contributed by atoms with Gasteiger partial charge in [-0.1, -0.05) is 59.1 Å². The predicted octanol–water partition coefficient (Wildman–Crippen LogP) is 5.27. The monoisotopic (exact) mass is 341 g/mol. The first kappa shape index (κ1) is 16.6. The fourth-order valence-electron chi connectivity index (χ4n) is 2.48. The van der Waals surface area contributed by atoms with Crippen LogP contribution in [0.1, 0.15) is 11.1 Å². The highest BCUT2D eigenvalue weighted by atomic mass is 35.5. The van der Waals surface area contributed by atoms with Crippen LogP contribution in [-0.4, -0.2) is 13.6 Å². The van der Waals surface area contributed by atoms with Crippen LogP contribution in [0.5, 0.6) is 0 Å². The largest absolute Gasteiger partial charge is 0.319 e. The summed E-state index contributed by atoms with van der Waals surface area (Å²) in [5.41, 5.74) is 2.29. The molecule has 0 heterocycles. The van der Waals surface area contributed by atoms with E-state index >= 15 is 0 Å². The Morgan fingerprint density at radius 1 is 0.905 bits per heavy atom. The highest BCUT2D eigenvalue weighted by Crippen LogP contribution is 2.26. The first-order valence-corrected chi connectivity index (χ1v) is 8.05. The maximum absolute atomic E-state index is 6.28. The van der Waals surface area contributed by atoms with Crippen LogP contribution in [0, 0.1) is 5.92 Å². The second-order valence-electron chi connectivity index (χ2n) is 5.16. The van der Waals surface area contributed by atoms with Crippen molar-refractivity contribution in [3.8, 4) is 0 Å². The zero-order chi connectivity index (χ0) is 15.2. The molecule has 0 radical (unpaired) electrons. The normalized spacial score (nSPS) is 12.4. The summed E-state index contributed by atoms with van der Waals surface area (Å²) >= 11 is 18.5. The van der Waals surface area contributed by atoms with Crippen molar-refractivity contribution >= 4 is 34.8 Å². The van der Waals surface area contributed by atoms with Gasteiger partial charge in [0.15, 0.2) is 0 Å². The third-order valence-electron chi connectivity index (χ3n) is 3.48. The van der Waals surface area contributed by atoms with E-state index in [9.17, 15) is 0 Å². The molecule has 1 atom stereocenters. The van der Waals surface area contributed by atoms with Crippen molar-refractivity contribution < 1.29 is 0 Å². The van der Waals surface area contributed by atoms with E-state index in [1.165, 1.54) is 5.56 Å². The molecular formula is C17H18Cl3N. The van der Waals surface area contributed by atoms with Gasteiger partial charge in [0.05, 0.1) is 0 Å². The van der Waals surface area contributed by atoms with E-state index < -0.39 is 0 Å². The molecule has 0 aliphatic heterocycles. The van der Waals surface area contributed by atoms with Crippen LogP contribution in [0.15, 0.2) is 42.5 Å². The average molecular weight is 343 g/mol. The van der Waals surface area contributed by atoms with Crippen molar-refractivity contribution in [2.75, 3.05) is 13.6 Å². The van der Waals surface area contributed by atoms with Gasteiger partial charge in [-0.15, -0.1) is 0 Å². The van der Waals surface area contributed by atoms with Crippen molar-refractivity contribution in [3.05, 3.63) is 68.7 Å². The molecule has 4 heteroatoms. The third-order valence-corrected chi connectivity index (χ3v) is 4.44. The lowest BCUT2D eigenvalue weighted by Gasteiger charge is -2.18. The minimum absolute atomic E-state index is 0.425. The van der Waals surface area contributed by atoms with Gasteiger partial charge in [-0.25, -0.2) is 0 Å². The van der Waals surface area contributed by atoms with Crippen LogP contribution in [0.25, 0.3) is 0 Å². The van der Waals surface area contributed by atoms with Crippen molar-refractivity contribution in [3.63, 3.8) is 0 Å². The van der Waals surface area contributed by atoms with E-state index in [1.807, 2.05) is 37.4 Å². The number of nitrogens with one attached hydrogen (secondary N) is 1. The lowest BCUT2D eigenvalue weighted by atomic mass is 9.92. The first-order valence-electron chi connectivity index (χ1n) is 6.92. The molecule has 0 bridgehead atoms. The van der Waals surface area contributed by atoms with Gasteiger partial charge in [0.2, 0.25) is 0 Å². The Hall–Kier alpha value is -0.730. The zero-order valence-corrected chi connectivity index (χ0v) is 14.1. The Balaban J connectivity index is 2.14. The molecule has 112 valence electrons. The molecule has 1 unspecified atom stereocenters. The summed E-state index contributed by atoms with van der Waals surface area (Å²) < 4.78 is 0. The van der Waals surface area contributed by atoms with E-state index in [2.05, 4.69) is 11.4 Å². The summed E-state index contributed by atoms with van der Waals surface area (Å²) in [5, 5.41) is 5.46. The van der Waals surface area contributed by atoms with Gasteiger partial charge in [0.1, 0.15) is 0 Å². The molecule has 1 N–H and O–H groups in total. The number of hydrogen-bond donors (Lipinski definition) is 1. The predicted molar refractivity (Wildman–Crippen MR) is 92.7 cm³/mol. The maximum atomic E-state index is 6.28. The first-order chi connectivity index (χ1) is 10.1. The average Bonchev–Trinajstić information content (AvgIpc) is 2.44. The van der Waals surface area contributed by atoms with E-state index in [0.717, 1.165) is 35.0 Å². The molecule has 0 aromatic heterocycles. The molecule has 0 saturated heterocycles. The van der Waals surface area contributed by atoms with Crippen LogP contribution >= 0.6 is 34.8 Å². The van der Waals surface area contributed by atoms with Crippen molar-refractivity contribution in [2.45, 2.75) is 12.8 Å². The molecule has 21 heavy (non-hydrogen) atoms. The lowest BCUT2D eigenvalue weighted by Crippen LogP contribution is -2.23. The van der Waals surface area contributed by atoms with E-state index in [-0.39, 0.29) is 0 Å². The van der Waals surface area contributed by atoms with Crippen molar-refractivity contribution in [1.82, 2.24) is 5.32 Å². The third kappa shape index (κ3) is 4.89. The van der Waals surface area contributed by atoms with Gasteiger partial charge >= 0.3 is 0 Å². The summed E-state index contributed by atoms with van der Waals surface area (Å²) in [7, 11) is 1.96. The fourth-order valence-corrected chi connectivity index (χ4v) is 3.18. The number of rotatable bonds is 6. The summed E-state index contributed by atoms with van der Waals surface area (Å²) in [6.45, 7) is 0.907. The van der Waals surface area contributed by atoms with Gasteiger partial charge in [-0.2, -0.15) is 0 Å². The molecule has 1 nitrogen and oxygen atoms in total. The summed E-state index contributed by atoms with van der Waals surface area (Å²) in [6, 6.07) is 13.7. The molecule has 0 amide bonds. The van der Waals surface area contributed by atoms with Crippen LogP contribution in [0.2, 0.25) is 15.1 Å². The summed E-state index contributed by atoms with van der Waals surface area (Å²) in [6.07, 6.45) is 1.81. The molecule has 0 fully saturated rings. The summed E-state index contributed by atoms with van der Waals surface area (Å²) in [4.78, 5) is 0. The Bertz CT molecular complexity index is 598. The zero-order valence-electron chi connectivity index (χ0n) is 11.9. The smallest absolute Gasteiger partial charge is 0.0452 e. The number of halogens is 3. The highest BCUT2D eigenvalue weighted by Gasteiger charge is 2.14. The van der Waals surface area contributed by atoms with Crippen LogP contribution < -0.4 is 5.32 Å². The molecule has 0 spiro atoms. The minimum atomic E-state index is 0.425. The number of benzene rings is 2. The van der Waals surface area contributed by atoms with Gasteiger partial charge < -0.3 is 5.32 Å². The molecule has 2 aromatic rings. The topological polar surface area (TPSA) is 12.0 Å². The molecule has 0 aliphatic rings. The molecule has 0 saturated carbocycles. The standard InChI is InChI=1S/C17H18Cl3N/c1-21-11-12(8-13-4-2-3-5-16(13)19)9-14-6-7-15(18)10-17(14)20/h2-7,10,12,21H,8-9,11H2,1H3. The molecule has 0 aliphatic carbocycles. The highest BCUT2D eigenvalue weighted by molar-refractivity contribution is 6.35. The molecular weight excluding hydrogens is 325 g/mol. The van der Waals surface area contributed by atoms with Gasteiger partial charge in [0.25, 0.3) is 0 Å². The number of hydrogen-bond acceptors (Lipinski definition) is 1. The second-order valence-corrected chi connectivity index (χ2v) is 6.41. The molecule has 2 aromatic carbocycles. The van der Waals surface area contributed by atoms with Crippen molar-refractivity contribution in [1.29, 1.82) is 0 Å². The van der Waals surface area contributed by atoms with Gasteiger partial charge in [0, 0.05) is 15.1 Å². The van der Waals surface area contributed by atoms with E-state index in [0.29, 0.717) is 10.9 Å². The maximum Gasteiger partial charge on any atom is 0.0452 e. The van der Waals surface area contributed by atoms with Gasteiger partial charge in [-0.05, 0) is 61.7 Å². The van der Waals surface area contributed by atoms with Crippen molar-refractivity contribution in [2.24, 2.45) is 5.92 Å². The van der Waals surface area contributed by atoms with Gasteiger partial charge in [-0.3, -0.25) is 0 Å². The summed E-state index contributed by atoms with van der Waals surface area (Å²) in [5.74, 6) is 0.425. The minimum Gasteiger partial charge on any atom is -0.319 e. The second kappa shape index (κ2) is 8.05. The Morgan fingerprint density at radius 3 is 2.19 bits per heavy atom.